The minimum absolute atomic E-state index is 0. The molecule has 0 aliphatic heterocycles. The molecule has 2 aromatic carbocycles. The summed E-state index contributed by atoms with van der Waals surface area (Å²) in [6.45, 7) is 4.91. The predicted molar refractivity (Wildman–Crippen MR) is 122 cm³/mol. The summed E-state index contributed by atoms with van der Waals surface area (Å²) in [6, 6.07) is 16.6. The second-order valence-electron chi connectivity index (χ2n) is 6.06. The fourth-order valence-corrected chi connectivity index (χ4v) is 2.62. The van der Waals surface area contributed by atoms with Crippen molar-refractivity contribution in [2.45, 2.75) is 26.6 Å². The highest BCUT2D eigenvalue weighted by Gasteiger charge is 2.07. The minimum atomic E-state index is 0. The third kappa shape index (κ3) is 7.76. The smallest absolute Gasteiger partial charge is 0.193 e. The number of ether oxygens (including phenoxy) is 2. The first-order valence-corrected chi connectivity index (χ1v) is 8.86. The molecule has 0 spiro atoms. The second kappa shape index (κ2) is 12.6. The summed E-state index contributed by atoms with van der Waals surface area (Å²) >= 11 is 0. The van der Waals surface area contributed by atoms with Crippen LogP contribution in [0.2, 0.25) is 0 Å². The zero-order valence-corrected chi connectivity index (χ0v) is 18.9. The summed E-state index contributed by atoms with van der Waals surface area (Å²) in [5.74, 6) is 1.73. The Kier molecular flexibility index (Phi) is 10.8. The van der Waals surface area contributed by atoms with Gasteiger partial charge in [0.1, 0.15) is 5.75 Å². The first kappa shape index (κ1) is 23.2. The van der Waals surface area contributed by atoms with Gasteiger partial charge >= 0.3 is 0 Å². The molecule has 0 saturated heterocycles. The molecule has 0 fully saturated rings. The van der Waals surface area contributed by atoms with Crippen LogP contribution in [-0.4, -0.2) is 38.7 Å². The molecule has 0 bridgehead atoms. The lowest BCUT2D eigenvalue weighted by atomic mass is 10.1. The van der Waals surface area contributed by atoms with E-state index in [0.717, 1.165) is 31.4 Å². The van der Waals surface area contributed by atoms with Crippen LogP contribution >= 0.6 is 24.0 Å². The Morgan fingerprint density at radius 3 is 2.15 bits per heavy atom. The monoisotopic (exact) mass is 483 g/mol. The fraction of sp³-hybridized carbons (Fsp3) is 0.381. The van der Waals surface area contributed by atoms with Crippen LogP contribution in [0, 0.1) is 0 Å². The van der Waals surface area contributed by atoms with E-state index in [1.54, 1.807) is 14.2 Å². The van der Waals surface area contributed by atoms with E-state index >= 15 is 0 Å². The Bertz CT molecular complexity index is 688. The maximum Gasteiger partial charge on any atom is 0.193 e. The molecule has 5 nitrogen and oxygen atoms in total. The average molecular weight is 483 g/mol. The lowest BCUT2D eigenvalue weighted by Crippen LogP contribution is -2.38. The van der Waals surface area contributed by atoms with E-state index in [9.17, 15) is 0 Å². The number of methoxy groups -OCH3 is 1. The van der Waals surface area contributed by atoms with Gasteiger partial charge in [-0.1, -0.05) is 36.4 Å². The molecule has 27 heavy (non-hydrogen) atoms. The molecule has 2 aromatic rings. The van der Waals surface area contributed by atoms with Crippen molar-refractivity contribution in [3.63, 3.8) is 0 Å². The largest absolute Gasteiger partial charge is 0.497 e. The summed E-state index contributed by atoms with van der Waals surface area (Å²) in [5.41, 5.74) is 3.61. The van der Waals surface area contributed by atoms with Crippen LogP contribution in [0.5, 0.6) is 5.75 Å². The number of hydrogen-bond donors (Lipinski definition) is 1. The van der Waals surface area contributed by atoms with E-state index < -0.39 is 0 Å². The van der Waals surface area contributed by atoms with Gasteiger partial charge in [0.05, 0.1) is 13.7 Å². The van der Waals surface area contributed by atoms with Crippen molar-refractivity contribution in [2.75, 3.05) is 27.8 Å². The topological polar surface area (TPSA) is 46.1 Å². The normalized spacial score (nSPS) is 10.9. The molecule has 2 rings (SSSR count). The van der Waals surface area contributed by atoms with E-state index in [2.05, 4.69) is 51.6 Å². The van der Waals surface area contributed by atoms with E-state index in [1.165, 1.54) is 16.7 Å². The van der Waals surface area contributed by atoms with Crippen LogP contribution in [0.25, 0.3) is 0 Å². The Hall–Kier alpha value is -1.80. The van der Waals surface area contributed by atoms with Gasteiger partial charge in [0.2, 0.25) is 0 Å². The number of rotatable bonds is 8. The van der Waals surface area contributed by atoms with Crippen molar-refractivity contribution >= 4 is 29.9 Å². The predicted octanol–water partition coefficient (Wildman–Crippen LogP) is 4.06. The van der Waals surface area contributed by atoms with Crippen molar-refractivity contribution in [2.24, 2.45) is 4.99 Å². The van der Waals surface area contributed by atoms with Crippen LogP contribution in [0.4, 0.5) is 0 Å². The first-order valence-electron chi connectivity index (χ1n) is 8.86. The number of benzene rings is 2. The Labute approximate surface area is 179 Å². The van der Waals surface area contributed by atoms with Gasteiger partial charge in [-0.3, -0.25) is 4.99 Å². The average Bonchev–Trinajstić information content (AvgIpc) is 2.68. The van der Waals surface area contributed by atoms with E-state index in [0.29, 0.717) is 6.61 Å². The number of guanidine groups is 1. The highest BCUT2D eigenvalue weighted by molar-refractivity contribution is 14.0. The molecule has 0 aliphatic rings. The maximum absolute atomic E-state index is 5.43. The quantitative estimate of drug-likeness (QED) is 0.350. The van der Waals surface area contributed by atoms with E-state index in [4.69, 9.17) is 9.47 Å². The van der Waals surface area contributed by atoms with Gasteiger partial charge < -0.3 is 19.7 Å². The third-order valence-electron chi connectivity index (χ3n) is 4.10. The van der Waals surface area contributed by atoms with Gasteiger partial charge in [-0.2, -0.15) is 0 Å². The first-order chi connectivity index (χ1) is 12.7. The summed E-state index contributed by atoms with van der Waals surface area (Å²) in [7, 11) is 5.51. The number of aliphatic imine (C=N–C) groups is 1. The number of nitrogens with one attached hydrogen (secondary N) is 1. The van der Waals surface area contributed by atoms with Crippen molar-refractivity contribution in [3.05, 3.63) is 65.2 Å². The van der Waals surface area contributed by atoms with Crippen molar-refractivity contribution in [1.29, 1.82) is 0 Å². The van der Waals surface area contributed by atoms with E-state index in [-0.39, 0.29) is 24.0 Å². The van der Waals surface area contributed by atoms with Gasteiger partial charge in [-0.15, -0.1) is 24.0 Å². The molecule has 0 radical (unpaired) electrons. The molecule has 6 heteroatoms. The van der Waals surface area contributed by atoms with Crippen molar-refractivity contribution in [3.8, 4) is 5.75 Å². The molecule has 0 saturated carbocycles. The molecular weight excluding hydrogens is 453 g/mol. The van der Waals surface area contributed by atoms with Gasteiger partial charge in [-0.25, -0.2) is 0 Å². The molecule has 0 unspecified atom stereocenters. The molecule has 0 aromatic heterocycles. The molecule has 0 amide bonds. The van der Waals surface area contributed by atoms with Crippen LogP contribution < -0.4 is 10.1 Å². The standard InChI is InChI=1S/C21H29N3O2.HI/c1-5-26-16-19-8-6-17(7-9-19)14-23-21(22-2)24(3)15-18-10-12-20(25-4)13-11-18;/h6-13H,5,14-16H2,1-4H3,(H,22,23);1H. The Morgan fingerprint density at radius 2 is 1.59 bits per heavy atom. The molecule has 0 atom stereocenters. The second-order valence-corrected chi connectivity index (χ2v) is 6.06. The number of nitrogens with zero attached hydrogens (tertiary/aromatic N) is 2. The molecule has 1 N–H and O–H groups in total. The highest BCUT2D eigenvalue weighted by atomic mass is 127. The van der Waals surface area contributed by atoms with E-state index in [1.807, 2.05) is 26.1 Å². The Balaban J connectivity index is 0.00000364. The van der Waals surface area contributed by atoms with Crippen LogP contribution in [-0.2, 0) is 24.4 Å². The lowest BCUT2D eigenvalue weighted by molar-refractivity contribution is 0.134. The minimum Gasteiger partial charge on any atom is -0.497 e. The molecular formula is C21H30IN3O2. The fourth-order valence-electron chi connectivity index (χ4n) is 2.62. The third-order valence-corrected chi connectivity index (χ3v) is 4.10. The van der Waals surface area contributed by atoms with Gasteiger partial charge in [0, 0.05) is 33.8 Å². The van der Waals surface area contributed by atoms with Crippen LogP contribution in [0.3, 0.4) is 0 Å². The molecule has 0 aliphatic carbocycles. The van der Waals surface area contributed by atoms with Gasteiger partial charge in [-0.05, 0) is 35.7 Å². The zero-order valence-electron chi connectivity index (χ0n) is 16.6. The summed E-state index contributed by atoms with van der Waals surface area (Å²) in [6.07, 6.45) is 0. The van der Waals surface area contributed by atoms with Crippen molar-refractivity contribution < 1.29 is 9.47 Å². The van der Waals surface area contributed by atoms with Crippen molar-refractivity contribution in [1.82, 2.24) is 10.2 Å². The maximum atomic E-state index is 5.43. The zero-order chi connectivity index (χ0) is 18.8. The van der Waals surface area contributed by atoms with Gasteiger partial charge in [0.25, 0.3) is 0 Å². The summed E-state index contributed by atoms with van der Waals surface area (Å²) in [5, 5.41) is 3.41. The van der Waals surface area contributed by atoms with Gasteiger partial charge in [0.15, 0.2) is 5.96 Å². The number of halogens is 1. The lowest BCUT2D eigenvalue weighted by Gasteiger charge is -2.22. The Morgan fingerprint density at radius 1 is 1.00 bits per heavy atom. The molecule has 148 valence electrons. The van der Waals surface area contributed by atoms with Crippen LogP contribution in [0.1, 0.15) is 23.6 Å². The number of hydrogen-bond acceptors (Lipinski definition) is 3. The van der Waals surface area contributed by atoms with Crippen LogP contribution in [0.15, 0.2) is 53.5 Å². The summed E-state index contributed by atoms with van der Waals surface area (Å²) in [4.78, 5) is 6.48. The molecule has 0 heterocycles. The summed E-state index contributed by atoms with van der Waals surface area (Å²) < 4.78 is 10.6. The highest BCUT2D eigenvalue weighted by Crippen LogP contribution is 2.12. The SMILES string of the molecule is CCOCc1ccc(CNC(=NC)N(C)Cc2ccc(OC)cc2)cc1.I.